The quantitative estimate of drug-likeness (QED) is 0.215. The van der Waals surface area contributed by atoms with E-state index in [0.717, 1.165) is 13.0 Å². The SMILES string of the molecule is CCCCCCCCCCCCCCCCCCNC(=O)CCC(=O)CC. The molecule has 0 aliphatic heterocycles. The molecule has 0 aromatic heterocycles. The summed E-state index contributed by atoms with van der Waals surface area (Å²) < 4.78 is 0. The van der Waals surface area contributed by atoms with E-state index in [1.807, 2.05) is 6.92 Å². The molecule has 0 saturated carbocycles. The summed E-state index contributed by atoms with van der Waals surface area (Å²) in [7, 11) is 0. The van der Waals surface area contributed by atoms with E-state index in [1.165, 1.54) is 96.3 Å². The summed E-state index contributed by atoms with van der Waals surface area (Å²) in [5, 5.41) is 2.92. The molecule has 0 aromatic carbocycles. The van der Waals surface area contributed by atoms with E-state index in [1.54, 1.807) is 0 Å². The fourth-order valence-electron chi connectivity index (χ4n) is 3.42. The lowest BCUT2D eigenvalue weighted by molar-refractivity contribution is -0.125. The van der Waals surface area contributed by atoms with E-state index >= 15 is 0 Å². The molecular weight excluding hydrogens is 334 g/mol. The first-order valence-corrected chi connectivity index (χ1v) is 12.0. The highest BCUT2D eigenvalue weighted by Gasteiger charge is 2.04. The van der Waals surface area contributed by atoms with Gasteiger partial charge >= 0.3 is 0 Å². The molecule has 0 bridgehead atoms. The third kappa shape index (κ3) is 21.3. The number of ketones is 1. The summed E-state index contributed by atoms with van der Waals surface area (Å²) in [5.74, 6) is 0.199. The Morgan fingerprint density at radius 3 is 1.37 bits per heavy atom. The number of hydrogen-bond acceptors (Lipinski definition) is 2. The van der Waals surface area contributed by atoms with Gasteiger partial charge in [0.15, 0.2) is 0 Å². The van der Waals surface area contributed by atoms with Crippen molar-refractivity contribution < 1.29 is 9.59 Å². The Kier molecular flexibility index (Phi) is 20.8. The van der Waals surface area contributed by atoms with Gasteiger partial charge < -0.3 is 5.32 Å². The average molecular weight is 382 g/mol. The van der Waals surface area contributed by atoms with Crippen molar-refractivity contribution in [2.45, 2.75) is 136 Å². The van der Waals surface area contributed by atoms with Crippen LogP contribution < -0.4 is 5.32 Å². The van der Waals surface area contributed by atoms with Crippen LogP contribution in [0.1, 0.15) is 136 Å². The fourth-order valence-corrected chi connectivity index (χ4v) is 3.42. The highest BCUT2D eigenvalue weighted by Crippen LogP contribution is 2.13. The van der Waals surface area contributed by atoms with Crippen LogP contribution in [-0.4, -0.2) is 18.2 Å². The van der Waals surface area contributed by atoms with Gasteiger partial charge in [0.2, 0.25) is 5.91 Å². The Morgan fingerprint density at radius 1 is 0.556 bits per heavy atom. The Hall–Kier alpha value is -0.860. The summed E-state index contributed by atoms with van der Waals surface area (Å²) in [6.07, 6.45) is 23.1. The Balaban J connectivity index is 3.12. The van der Waals surface area contributed by atoms with Gasteiger partial charge in [0.1, 0.15) is 5.78 Å². The van der Waals surface area contributed by atoms with E-state index in [2.05, 4.69) is 12.2 Å². The zero-order chi connectivity index (χ0) is 20.0. The van der Waals surface area contributed by atoms with Gasteiger partial charge in [-0.1, -0.05) is 110 Å². The predicted octanol–water partition coefficient (Wildman–Crippen LogP) is 7.12. The van der Waals surface area contributed by atoms with Crippen molar-refractivity contribution in [1.82, 2.24) is 5.32 Å². The molecule has 0 aliphatic rings. The lowest BCUT2D eigenvalue weighted by atomic mass is 10.0. The number of amides is 1. The zero-order valence-electron chi connectivity index (χ0n) is 18.5. The number of carbonyl (C=O) groups is 2. The highest BCUT2D eigenvalue weighted by atomic mass is 16.2. The van der Waals surface area contributed by atoms with Gasteiger partial charge in [-0.3, -0.25) is 9.59 Å². The van der Waals surface area contributed by atoms with Crippen molar-refractivity contribution >= 4 is 11.7 Å². The third-order valence-electron chi connectivity index (χ3n) is 5.38. The summed E-state index contributed by atoms with van der Waals surface area (Å²) in [6, 6.07) is 0. The van der Waals surface area contributed by atoms with Crippen molar-refractivity contribution in [2.75, 3.05) is 6.54 Å². The van der Waals surface area contributed by atoms with Gasteiger partial charge in [-0.25, -0.2) is 0 Å². The third-order valence-corrected chi connectivity index (χ3v) is 5.38. The number of nitrogens with one attached hydrogen (secondary N) is 1. The van der Waals surface area contributed by atoms with Crippen LogP contribution in [-0.2, 0) is 9.59 Å². The van der Waals surface area contributed by atoms with E-state index < -0.39 is 0 Å². The molecule has 0 spiro atoms. The maximum Gasteiger partial charge on any atom is 0.220 e. The average Bonchev–Trinajstić information content (AvgIpc) is 2.68. The molecule has 0 heterocycles. The molecule has 0 aromatic rings. The second-order valence-corrected chi connectivity index (χ2v) is 8.05. The van der Waals surface area contributed by atoms with Crippen molar-refractivity contribution in [3.8, 4) is 0 Å². The molecule has 0 radical (unpaired) electrons. The van der Waals surface area contributed by atoms with Crippen LogP contribution in [0, 0.1) is 0 Å². The summed E-state index contributed by atoms with van der Waals surface area (Å²) in [6.45, 7) is 4.88. The molecule has 27 heavy (non-hydrogen) atoms. The topological polar surface area (TPSA) is 46.2 Å². The number of carbonyl (C=O) groups excluding carboxylic acids is 2. The summed E-state index contributed by atoms with van der Waals surface area (Å²) >= 11 is 0. The number of Topliss-reactive ketones (excluding diaryl/α,β-unsaturated/α-hetero) is 1. The minimum absolute atomic E-state index is 0.0257. The van der Waals surface area contributed by atoms with Gasteiger partial charge in [-0.15, -0.1) is 0 Å². The highest BCUT2D eigenvalue weighted by molar-refractivity contribution is 5.84. The molecule has 3 nitrogen and oxygen atoms in total. The Labute approximate surface area is 169 Å². The number of unbranched alkanes of at least 4 members (excludes halogenated alkanes) is 15. The van der Waals surface area contributed by atoms with Crippen molar-refractivity contribution in [3.63, 3.8) is 0 Å². The molecular formula is C24H47NO2. The smallest absolute Gasteiger partial charge is 0.220 e. The largest absolute Gasteiger partial charge is 0.356 e. The predicted molar refractivity (Wildman–Crippen MR) is 117 cm³/mol. The van der Waals surface area contributed by atoms with Crippen LogP contribution in [0.4, 0.5) is 0 Å². The van der Waals surface area contributed by atoms with E-state index in [9.17, 15) is 9.59 Å². The molecule has 0 saturated heterocycles. The minimum atomic E-state index is 0.0257. The first kappa shape index (κ1) is 26.1. The standard InChI is InChI=1S/C24H47NO2/c1-3-5-6-7-8-9-10-11-12-13-14-15-16-17-18-19-22-25-24(27)21-20-23(26)4-2/h3-22H2,1-2H3,(H,25,27). The van der Waals surface area contributed by atoms with E-state index in [0.29, 0.717) is 19.3 Å². The van der Waals surface area contributed by atoms with Gasteiger partial charge in [-0.2, -0.15) is 0 Å². The lowest BCUT2D eigenvalue weighted by Gasteiger charge is -2.05. The van der Waals surface area contributed by atoms with Gasteiger partial charge in [-0.05, 0) is 6.42 Å². The zero-order valence-corrected chi connectivity index (χ0v) is 18.5. The van der Waals surface area contributed by atoms with Crippen LogP contribution in [0.15, 0.2) is 0 Å². The first-order valence-electron chi connectivity index (χ1n) is 12.0. The van der Waals surface area contributed by atoms with Crippen molar-refractivity contribution in [3.05, 3.63) is 0 Å². The maximum atomic E-state index is 11.6. The maximum absolute atomic E-state index is 11.6. The van der Waals surface area contributed by atoms with E-state index in [-0.39, 0.29) is 11.7 Å². The minimum Gasteiger partial charge on any atom is -0.356 e. The van der Waals surface area contributed by atoms with E-state index in [4.69, 9.17) is 0 Å². The van der Waals surface area contributed by atoms with Crippen molar-refractivity contribution in [2.24, 2.45) is 0 Å². The first-order chi connectivity index (χ1) is 13.2. The molecule has 3 heteroatoms. The van der Waals surface area contributed by atoms with Crippen LogP contribution in [0.5, 0.6) is 0 Å². The normalized spacial score (nSPS) is 10.9. The van der Waals surface area contributed by atoms with Crippen LogP contribution in [0.25, 0.3) is 0 Å². The molecule has 0 fully saturated rings. The van der Waals surface area contributed by atoms with Crippen LogP contribution in [0.3, 0.4) is 0 Å². The number of hydrogen-bond donors (Lipinski definition) is 1. The molecule has 1 N–H and O–H groups in total. The number of rotatable bonds is 21. The van der Waals surface area contributed by atoms with Crippen LogP contribution in [0.2, 0.25) is 0 Å². The van der Waals surface area contributed by atoms with Gasteiger partial charge in [0.05, 0.1) is 0 Å². The fraction of sp³-hybridized carbons (Fsp3) is 0.917. The second-order valence-electron chi connectivity index (χ2n) is 8.05. The molecule has 160 valence electrons. The summed E-state index contributed by atoms with van der Waals surface area (Å²) in [4.78, 5) is 22.7. The molecule has 0 rings (SSSR count). The summed E-state index contributed by atoms with van der Waals surface area (Å²) in [5.41, 5.74) is 0. The van der Waals surface area contributed by atoms with Gasteiger partial charge in [0, 0.05) is 25.8 Å². The molecule has 0 atom stereocenters. The molecule has 0 unspecified atom stereocenters. The van der Waals surface area contributed by atoms with Crippen LogP contribution >= 0.6 is 0 Å². The lowest BCUT2D eigenvalue weighted by Crippen LogP contribution is -2.24. The Morgan fingerprint density at radius 2 is 0.963 bits per heavy atom. The second kappa shape index (κ2) is 21.4. The molecule has 0 aliphatic carbocycles. The van der Waals surface area contributed by atoms with Gasteiger partial charge in [0.25, 0.3) is 0 Å². The monoisotopic (exact) mass is 381 g/mol. The Bertz CT molecular complexity index is 341. The molecule has 1 amide bonds. The van der Waals surface area contributed by atoms with Crippen molar-refractivity contribution in [1.29, 1.82) is 0 Å².